The Morgan fingerprint density at radius 3 is 2.69 bits per heavy atom. The number of benzene rings is 2. The van der Waals surface area contributed by atoms with Gasteiger partial charge in [-0.25, -0.2) is 9.67 Å². The van der Waals surface area contributed by atoms with Crippen molar-refractivity contribution in [2.45, 2.75) is 39.2 Å². The number of carbonyl (C=O) groups is 1. The van der Waals surface area contributed by atoms with Gasteiger partial charge in [0.25, 0.3) is 11.5 Å². The molecule has 5 rings (SSSR count). The van der Waals surface area contributed by atoms with Gasteiger partial charge in [0.15, 0.2) is 11.5 Å². The average Bonchev–Trinajstić information content (AvgIpc) is 3.52. The Labute approximate surface area is 184 Å². The van der Waals surface area contributed by atoms with Crippen LogP contribution in [-0.2, 0) is 6.54 Å². The molecule has 2 N–H and O–H groups in total. The van der Waals surface area contributed by atoms with Gasteiger partial charge < -0.3 is 5.32 Å². The van der Waals surface area contributed by atoms with E-state index in [1.54, 1.807) is 24.3 Å². The summed E-state index contributed by atoms with van der Waals surface area (Å²) >= 11 is 0. The van der Waals surface area contributed by atoms with Gasteiger partial charge in [0.05, 0.1) is 5.39 Å². The number of H-pyrrole nitrogens is 1. The van der Waals surface area contributed by atoms with Gasteiger partial charge in [-0.1, -0.05) is 44.2 Å². The SMILES string of the molecule is CC(C)Cn1nc(C(=O)Nc2cccc(-c3n[nH]c(C4CC4)n3)c2)c2ccccc2c1=O. The number of fused-ring (bicyclic) bond motifs is 1. The summed E-state index contributed by atoms with van der Waals surface area (Å²) in [6.07, 6.45) is 2.29. The van der Waals surface area contributed by atoms with E-state index >= 15 is 0 Å². The van der Waals surface area contributed by atoms with Crippen LogP contribution in [0.4, 0.5) is 5.69 Å². The van der Waals surface area contributed by atoms with E-state index in [2.05, 4.69) is 25.6 Å². The molecule has 0 bridgehead atoms. The van der Waals surface area contributed by atoms with Crippen LogP contribution < -0.4 is 10.9 Å². The summed E-state index contributed by atoms with van der Waals surface area (Å²) in [4.78, 5) is 30.6. The van der Waals surface area contributed by atoms with E-state index in [9.17, 15) is 9.59 Å². The second kappa shape index (κ2) is 8.03. The zero-order valence-electron chi connectivity index (χ0n) is 18.0. The molecule has 0 aliphatic heterocycles. The van der Waals surface area contributed by atoms with Crippen molar-refractivity contribution in [1.82, 2.24) is 25.0 Å². The number of anilines is 1. The van der Waals surface area contributed by atoms with Gasteiger partial charge in [-0.2, -0.15) is 10.2 Å². The van der Waals surface area contributed by atoms with E-state index in [1.807, 2.05) is 38.1 Å². The van der Waals surface area contributed by atoms with Crippen LogP contribution >= 0.6 is 0 Å². The Morgan fingerprint density at radius 1 is 1.16 bits per heavy atom. The maximum atomic E-state index is 13.2. The first kappa shape index (κ1) is 20.1. The minimum absolute atomic E-state index is 0.191. The molecule has 0 unspecified atom stereocenters. The molecule has 162 valence electrons. The van der Waals surface area contributed by atoms with Gasteiger partial charge in [0, 0.05) is 29.1 Å². The summed E-state index contributed by atoms with van der Waals surface area (Å²) in [7, 11) is 0. The first-order valence-corrected chi connectivity index (χ1v) is 10.8. The normalized spacial score (nSPS) is 13.6. The van der Waals surface area contributed by atoms with Crippen molar-refractivity contribution in [3.05, 3.63) is 70.4 Å². The van der Waals surface area contributed by atoms with Crippen LogP contribution in [-0.4, -0.2) is 30.9 Å². The molecule has 32 heavy (non-hydrogen) atoms. The third-order valence-corrected chi connectivity index (χ3v) is 5.47. The van der Waals surface area contributed by atoms with E-state index in [1.165, 1.54) is 4.68 Å². The molecule has 8 nitrogen and oxygen atoms in total. The lowest BCUT2D eigenvalue weighted by atomic mass is 10.1. The molecule has 4 aromatic rings. The fourth-order valence-corrected chi connectivity index (χ4v) is 3.74. The van der Waals surface area contributed by atoms with Crippen LogP contribution in [0.1, 0.15) is 48.9 Å². The molecule has 2 heterocycles. The van der Waals surface area contributed by atoms with E-state index < -0.39 is 0 Å². The molecule has 0 saturated heterocycles. The standard InChI is InChI=1S/C24H24N6O2/c1-14(2)13-30-24(32)19-9-4-3-8-18(19)20(29-30)23(31)25-17-7-5-6-16(12-17)22-26-21(27-28-22)15-10-11-15/h3-9,12,14-15H,10-11,13H2,1-2H3,(H,25,31)(H,26,27,28). The maximum Gasteiger partial charge on any atom is 0.276 e. The largest absolute Gasteiger partial charge is 0.321 e. The molecule has 0 radical (unpaired) electrons. The number of aromatic amines is 1. The van der Waals surface area contributed by atoms with E-state index in [-0.39, 0.29) is 23.1 Å². The third kappa shape index (κ3) is 3.91. The Morgan fingerprint density at radius 2 is 1.94 bits per heavy atom. The van der Waals surface area contributed by atoms with Gasteiger partial charge in [0.2, 0.25) is 0 Å². The average molecular weight is 428 g/mol. The molecule has 2 aromatic carbocycles. The lowest BCUT2D eigenvalue weighted by Gasteiger charge is -2.13. The van der Waals surface area contributed by atoms with Crippen LogP contribution in [0.3, 0.4) is 0 Å². The number of hydrogen-bond donors (Lipinski definition) is 2. The summed E-state index contributed by atoms with van der Waals surface area (Å²) < 4.78 is 1.38. The van der Waals surface area contributed by atoms with Gasteiger partial charge in [-0.05, 0) is 37.0 Å². The zero-order valence-corrected chi connectivity index (χ0v) is 18.0. The summed E-state index contributed by atoms with van der Waals surface area (Å²) in [5.41, 5.74) is 1.45. The lowest BCUT2D eigenvalue weighted by Crippen LogP contribution is -2.29. The zero-order chi connectivity index (χ0) is 22.2. The molecule has 1 aliphatic rings. The van der Waals surface area contributed by atoms with E-state index in [0.717, 1.165) is 24.2 Å². The van der Waals surface area contributed by atoms with Crippen molar-refractivity contribution in [3.8, 4) is 11.4 Å². The van der Waals surface area contributed by atoms with Crippen molar-refractivity contribution in [2.75, 3.05) is 5.32 Å². The summed E-state index contributed by atoms with van der Waals surface area (Å²) in [5.74, 6) is 1.86. The molecule has 2 aromatic heterocycles. The van der Waals surface area contributed by atoms with Crippen LogP contribution in [0.15, 0.2) is 53.3 Å². The highest BCUT2D eigenvalue weighted by Crippen LogP contribution is 2.38. The second-order valence-electron chi connectivity index (χ2n) is 8.63. The summed E-state index contributed by atoms with van der Waals surface area (Å²) in [6, 6.07) is 14.5. The summed E-state index contributed by atoms with van der Waals surface area (Å²) in [5, 5.41) is 15.7. The molecule has 1 saturated carbocycles. The lowest BCUT2D eigenvalue weighted by molar-refractivity contribution is 0.102. The number of amides is 1. The van der Waals surface area contributed by atoms with Gasteiger partial charge in [-0.15, -0.1) is 0 Å². The van der Waals surface area contributed by atoms with Crippen LogP contribution in [0.5, 0.6) is 0 Å². The smallest absolute Gasteiger partial charge is 0.276 e. The number of aromatic nitrogens is 5. The molecular formula is C24H24N6O2. The number of carbonyl (C=O) groups excluding carboxylic acids is 1. The summed E-state index contributed by atoms with van der Waals surface area (Å²) in [6.45, 7) is 4.45. The molecule has 0 atom stereocenters. The number of nitrogens with zero attached hydrogens (tertiary/aromatic N) is 4. The van der Waals surface area contributed by atoms with Crippen LogP contribution in [0.2, 0.25) is 0 Å². The quantitative estimate of drug-likeness (QED) is 0.483. The highest BCUT2D eigenvalue weighted by molar-refractivity contribution is 6.11. The Balaban J connectivity index is 1.47. The Bertz CT molecular complexity index is 1370. The third-order valence-electron chi connectivity index (χ3n) is 5.47. The Hall–Kier alpha value is -3.81. The highest BCUT2D eigenvalue weighted by atomic mass is 16.2. The predicted octanol–water partition coefficient (Wildman–Crippen LogP) is 3.97. The molecule has 1 fully saturated rings. The highest BCUT2D eigenvalue weighted by Gasteiger charge is 2.27. The van der Waals surface area contributed by atoms with Crippen LogP contribution in [0, 0.1) is 5.92 Å². The number of nitrogens with one attached hydrogen (secondary N) is 2. The van der Waals surface area contributed by atoms with Crippen molar-refractivity contribution in [1.29, 1.82) is 0 Å². The maximum absolute atomic E-state index is 13.2. The second-order valence-corrected chi connectivity index (χ2v) is 8.63. The fraction of sp³-hybridized carbons (Fsp3) is 0.292. The van der Waals surface area contributed by atoms with Crippen LogP contribution in [0.25, 0.3) is 22.2 Å². The van der Waals surface area contributed by atoms with Crippen molar-refractivity contribution >= 4 is 22.4 Å². The van der Waals surface area contributed by atoms with Gasteiger partial charge >= 0.3 is 0 Å². The molecule has 8 heteroatoms. The molecular weight excluding hydrogens is 404 g/mol. The topological polar surface area (TPSA) is 106 Å². The molecule has 1 aliphatic carbocycles. The monoisotopic (exact) mass is 428 g/mol. The minimum atomic E-state index is -0.371. The number of rotatable bonds is 6. The van der Waals surface area contributed by atoms with Crippen molar-refractivity contribution in [3.63, 3.8) is 0 Å². The molecule has 1 amide bonds. The first-order valence-electron chi connectivity index (χ1n) is 10.8. The van der Waals surface area contributed by atoms with Crippen molar-refractivity contribution < 1.29 is 4.79 Å². The molecule has 0 spiro atoms. The Kier molecular flexibility index (Phi) is 5.05. The van der Waals surface area contributed by atoms with E-state index in [4.69, 9.17) is 0 Å². The van der Waals surface area contributed by atoms with Crippen molar-refractivity contribution in [2.24, 2.45) is 5.92 Å². The van der Waals surface area contributed by atoms with Gasteiger partial charge in [-0.3, -0.25) is 14.7 Å². The predicted molar refractivity (Wildman–Crippen MR) is 123 cm³/mol. The minimum Gasteiger partial charge on any atom is -0.321 e. The first-order chi connectivity index (χ1) is 15.5. The van der Waals surface area contributed by atoms with Gasteiger partial charge in [0.1, 0.15) is 5.82 Å². The fourth-order valence-electron chi connectivity index (χ4n) is 3.74. The van der Waals surface area contributed by atoms with E-state index in [0.29, 0.717) is 34.7 Å². The number of hydrogen-bond acceptors (Lipinski definition) is 5.